The van der Waals surface area contributed by atoms with Crippen LogP contribution < -0.4 is 14.8 Å². The van der Waals surface area contributed by atoms with Gasteiger partial charge in [0.1, 0.15) is 29.7 Å². The minimum Gasteiger partial charge on any atom is -0.491 e. The molecule has 1 aliphatic heterocycles. The van der Waals surface area contributed by atoms with E-state index < -0.39 is 29.9 Å². The van der Waals surface area contributed by atoms with Gasteiger partial charge in [0.05, 0.1) is 6.54 Å². The molecule has 1 saturated heterocycles. The Morgan fingerprint density at radius 1 is 1.21 bits per heavy atom. The number of benzene rings is 2. The number of carbonyl (C=O) groups is 3. The number of rotatable bonds is 9. The van der Waals surface area contributed by atoms with Gasteiger partial charge in [-0.05, 0) is 49.2 Å². The summed E-state index contributed by atoms with van der Waals surface area (Å²) in [4.78, 5) is 36.4. The molecule has 2 N–H and O–H groups in total. The van der Waals surface area contributed by atoms with Crippen LogP contribution in [0.1, 0.15) is 13.8 Å². The van der Waals surface area contributed by atoms with Crippen molar-refractivity contribution in [2.24, 2.45) is 0 Å². The van der Waals surface area contributed by atoms with Crippen molar-refractivity contribution in [1.29, 1.82) is 0 Å². The van der Waals surface area contributed by atoms with Crippen LogP contribution in [-0.2, 0) is 9.59 Å². The molecule has 3 rings (SSSR count). The van der Waals surface area contributed by atoms with E-state index in [0.717, 1.165) is 4.90 Å². The second-order valence-electron chi connectivity index (χ2n) is 8.02. The highest BCUT2D eigenvalue weighted by molar-refractivity contribution is 6.06. The molecule has 0 bridgehead atoms. The Morgan fingerprint density at radius 3 is 2.32 bits per heavy atom. The van der Waals surface area contributed by atoms with Gasteiger partial charge in [-0.25, -0.2) is 9.86 Å². The highest BCUT2D eigenvalue weighted by atomic mass is 19.4. The van der Waals surface area contributed by atoms with Gasteiger partial charge in [0, 0.05) is 0 Å². The first kappa shape index (κ1) is 24.8. The predicted molar refractivity (Wildman–Crippen MR) is 112 cm³/mol. The van der Waals surface area contributed by atoms with Crippen LogP contribution in [0.4, 0.5) is 18.0 Å². The molecule has 0 aromatic heterocycles. The second-order valence-corrected chi connectivity index (χ2v) is 8.02. The summed E-state index contributed by atoms with van der Waals surface area (Å²) < 4.78 is 46.3. The summed E-state index contributed by atoms with van der Waals surface area (Å²) in [6.07, 6.45) is -4.62. The Balaban J connectivity index is 1.64. The van der Waals surface area contributed by atoms with Crippen LogP contribution in [0.25, 0.3) is 11.1 Å². The van der Waals surface area contributed by atoms with Crippen molar-refractivity contribution in [3.63, 3.8) is 0 Å². The molecule has 0 saturated carbocycles. The molecule has 12 heteroatoms. The summed E-state index contributed by atoms with van der Waals surface area (Å²) in [5.74, 6) is -0.472. The number of urea groups is 1. The molecule has 4 amide bonds. The first-order valence-corrected chi connectivity index (χ1v) is 10.1. The Morgan fingerprint density at radius 2 is 1.82 bits per heavy atom. The number of nitrogens with zero attached hydrogens (tertiary/aromatic N) is 2. The minimum absolute atomic E-state index is 0.146. The van der Waals surface area contributed by atoms with Crippen LogP contribution in [0, 0.1) is 0 Å². The van der Waals surface area contributed by atoms with Crippen molar-refractivity contribution >= 4 is 18.3 Å². The predicted octanol–water partition coefficient (Wildman–Crippen LogP) is 3.18. The lowest BCUT2D eigenvalue weighted by molar-refractivity contribution is -0.274. The highest BCUT2D eigenvalue weighted by Gasteiger charge is 2.45. The topological polar surface area (TPSA) is 108 Å². The average Bonchev–Trinajstić information content (AvgIpc) is 2.97. The van der Waals surface area contributed by atoms with Crippen LogP contribution in [0.3, 0.4) is 0 Å². The molecule has 1 aliphatic rings. The Hall–Kier alpha value is -3.80. The van der Waals surface area contributed by atoms with E-state index in [1.54, 1.807) is 24.3 Å². The zero-order chi connectivity index (χ0) is 25.1. The van der Waals surface area contributed by atoms with E-state index in [9.17, 15) is 32.8 Å². The maximum atomic E-state index is 12.4. The number of carbonyl (C=O) groups excluding carboxylic acids is 3. The van der Waals surface area contributed by atoms with Crippen molar-refractivity contribution in [1.82, 2.24) is 15.3 Å². The second kappa shape index (κ2) is 9.59. The summed E-state index contributed by atoms with van der Waals surface area (Å²) in [7, 11) is 0. The van der Waals surface area contributed by atoms with Crippen LogP contribution >= 0.6 is 0 Å². The summed E-state index contributed by atoms with van der Waals surface area (Å²) in [6, 6.07) is 10.2. The molecule has 2 aromatic rings. The Kier molecular flexibility index (Phi) is 7.01. The number of nitrogens with one attached hydrogen (secondary N) is 1. The van der Waals surface area contributed by atoms with Gasteiger partial charge in [-0.15, -0.1) is 13.2 Å². The van der Waals surface area contributed by atoms with Crippen LogP contribution in [0.15, 0.2) is 48.5 Å². The van der Waals surface area contributed by atoms with E-state index >= 15 is 0 Å². The third kappa shape index (κ3) is 5.95. The fraction of sp³-hybridized carbons (Fsp3) is 0.318. The molecule has 9 nitrogen and oxygen atoms in total. The number of amides is 4. The molecular weight excluding hydrogens is 471 g/mol. The molecule has 34 heavy (non-hydrogen) atoms. The molecule has 0 unspecified atom stereocenters. The van der Waals surface area contributed by atoms with E-state index in [-0.39, 0.29) is 25.3 Å². The van der Waals surface area contributed by atoms with Crippen LogP contribution in [0.5, 0.6) is 11.5 Å². The smallest absolute Gasteiger partial charge is 0.491 e. The molecule has 0 spiro atoms. The maximum Gasteiger partial charge on any atom is 0.573 e. The summed E-state index contributed by atoms with van der Waals surface area (Å²) in [5, 5.41) is 12.7. The lowest BCUT2D eigenvalue weighted by Gasteiger charge is -2.26. The van der Waals surface area contributed by atoms with Crippen LogP contribution in [-0.4, -0.2) is 64.6 Å². The van der Waals surface area contributed by atoms with Crippen molar-refractivity contribution in [3.8, 4) is 22.6 Å². The number of imide groups is 1. The van der Waals surface area contributed by atoms with Gasteiger partial charge < -0.3 is 14.8 Å². The van der Waals surface area contributed by atoms with Gasteiger partial charge in [-0.1, -0.05) is 24.3 Å². The largest absolute Gasteiger partial charge is 0.573 e. The quantitative estimate of drug-likeness (QED) is 0.241. The summed E-state index contributed by atoms with van der Waals surface area (Å²) in [6.45, 7) is 2.56. The molecule has 1 heterocycles. The van der Waals surface area contributed by atoms with Crippen molar-refractivity contribution < 1.29 is 42.2 Å². The number of alkyl halides is 3. The molecule has 2 aromatic carbocycles. The molecule has 1 atom stereocenters. The number of hydrogen-bond acceptors (Lipinski definition) is 6. The van der Waals surface area contributed by atoms with Crippen molar-refractivity contribution in [2.45, 2.75) is 31.8 Å². The van der Waals surface area contributed by atoms with E-state index in [4.69, 9.17) is 4.74 Å². The maximum absolute atomic E-state index is 12.4. The first-order valence-electron chi connectivity index (χ1n) is 10.1. The molecule has 182 valence electrons. The van der Waals surface area contributed by atoms with E-state index in [1.165, 1.54) is 38.1 Å². The fourth-order valence-electron chi connectivity index (χ4n) is 3.28. The Bertz CT molecular complexity index is 1040. The number of hydroxylamine groups is 2. The van der Waals surface area contributed by atoms with Gasteiger partial charge in [-0.3, -0.25) is 19.7 Å². The van der Waals surface area contributed by atoms with E-state index in [1.807, 2.05) is 0 Å². The SMILES string of the molecule is CC1(C)NC(=O)N(C[C@@H](CO[14c]2[14cH][14cH][14c](-c3ccc(OC(F)(F)F)cc3)[14cH][14cH]2)N(O)C=O)C1=O. The first-order chi connectivity index (χ1) is 15.9. The summed E-state index contributed by atoms with van der Waals surface area (Å²) >= 11 is 0. The molecule has 1 fully saturated rings. The van der Waals surface area contributed by atoms with Crippen LogP contribution in [0.2, 0.25) is 0 Å². The third-order valence-corrected chi connectivity index (χ3v) is 5.04. The van der Waals surface area contributed by atoms with Gasteiger partial charge in [0.2, 0.25) is 6.41 Å². The van der Waals surface area contributed by atoms with Gasteiger partial charge in [0.25, 0.3) is 5.91 Å². The number of ether oxygens (including phenoxy) is 2. The average molecular weight is 493 g/mol. The monoisotopic (exact) mass is 493 g/mol. The zero-order valence-corrected chi connectivity index (χ0v) is 18.2. The molecule has 0 aliphatic carbocycles. The zero-order valence-electron chi connectivity index (χ0n) is 18.2. The number of hydrogen-bond donors (Lipinski definition) is 2. The Labute approximate surface area is 192 Å². The van der Waals surface area contributed by atoms with E-state index in [2.05, 4.69) is 10.1 Å². The highest BCUT2D eigenvalue weighted by Crippen LogP contribution is 2.27. The normalized spacial score (nSPS) is 16.1. The summed E-state index contributed by atoms with van der Waals surface area (Å²) in [5.41, 5.74) is 0.236. The molecule has 0 radical (unpaired) electrons. The van der Waals surface area contributed by atoms with Crippen molar-refractivity contribution in [3.05, 3.63) is 48.5 Å². The minimum atomic E-state index is -4.77. The fourth-order valence-corrected chi connectivity index (χ4v) is 3.28. The van der Waals surface area contributed by atoms with Gasteiger partial charge in [0.15, 0.2) is 0 Å². The lowest BCUT2D eigenvalue weighted by atomic mass is 10.1. The van der Waals surface area contributed by atoms with Gasteiger partial charge in [-0.2, -0.15) is 0 Å². The third-order valence-electron chi connectivity index (χ3n) is 5.04. The number of halogens is 3. The lowest BCUT2D eigenvalue weighted by Crippen LogP contribution is -2.48. The van der Waals surface area contributed by atoms with Gasteiger partial charge >= 0.3 is 12.4 Å². The standard InChI is InChI=1S/C22H22F3N3O6/c1-21(2)19(30)27(20(31)26-21)11-16(28(32)13-29)12-33-17-7-3-14(4-8-17)15-5-9-18(10-6-15)34-22(23,24)25/h3-10,13,16,32H,11-12H2,1-2H3,(H,26,31)/t16-/m0/s1/i3+2,4+2,7+2,8+2,14+2,17+2. The van der Waals surface area contributed by atoms with Crippen molar-refractivity contribution in [2.75, 3.05) is 13.2 Å². The molecular formula is C22H22F3N3O6. The van der Waals surface area contributed by atoms with E-state index in [0.29, 0.717) is 21.9 Å².